The van der Waals surface area contributed by atoms with Crippen LogP contribution in [-0.4, -0.2) is 67.1 Å². The number of nitrogens with one attached hydrogen (secondary N) is 3. The number of amides is 1. The molecule has 1 aliphatic rings. The maximum Gasteiger partial charge on any atom is 0.251 e. The number of likely N-dealkylation sites (N-methyl/N-ethyl adjacent to an activating group) is 1. The number of hydrogen-bond donors (Lipinski definition) is 3. The van der Waals surface area contributed by atoms with Crippen molar-refractivity contribution in [3.05, 3.63) is 71.4 Å². The van der Waals surface area contributed by atoms with Crippen molar-refractivity contribution in [3.63, 3.8) is 0 Å². The Morgan fingerprint density at radius 2 is 1.72 bits per heavy atom. The second-order valence-electron chi connectivity index (χ2n) is 8.68. The van der Waals surface area contributed by atoms with Crippen LogP contribution in [0.2, 0.25) is 0 Å². The number of anilines is 4. The number of carbonyl (C=O) groups is 1. The highest BCUT2D eigenvalue weighted by molar-refractivity contribution is 7.17. The number of rotatable bonds is 8. The third kappa shape index (κ3) is 5.72. The SMILES string of the molecule is CN1CCN(c2ccc(Nc3nc(NCCNC(=O)c4ccc(F)cc4)c4sccc4n3)cc2)CC1. The normalized spacial score (nSPS) is 14.1. The van der Waals surface area contributed by atoms with Crippen molar-refractivity contribution in [2.24, 2.45) is 0 Å². The van der Waals surface area contributed by atoms with Crippen molar-refractivity contribution in [1.29, 1.82) is 0 Å². The fraction of sp³-hybridized carbons (Fsp3) is 0.269. The Morgan fingerprint density at radius 1 is 0.972 bits per heavy atom. The first-order valence-electron chi connectivity index (χ1n) is 11.9. The van der Waals surface area contributed by atoms with Gasteiger partial charge in [-0.15, -0.1) is 11.3 Å². The van der Waals surface area contributed by atoms with E-state index in [1.165, 1.54) is 30.0 Å². The van der Waals surface area contributed by atoms with Crippen LogP contribution in [0.1, 0.15) is 10.4 Å². The third-order valence-corrected chi connectivity index (χ3v) is 7.02. The minimum Gasteiger partial charge on any atom is -0.369 e. The molecule has 0 atom stereocenters. The van der Waals surface area contributed by atoms with Gasteiger partial charge < -0.3 is 25.8 Å². The Balaban J connectivity index is 1.20. The van der Waals surface area contributed by atoms with Crippen molar-refractivity contribution in [2.75, 3.05) is 61.8 Å². The molecule has 2 aromatic carbocycles. The van der Waals surface area contributed by atoms with E-state index in [1.54, 1.807) is 11.3 Å². The number of aromatic nitrogens is 2. The molecule has 0 unspecified atom stereocenters. The zero-order valence-electron chi connectivity index (χ0n) is 20.0. The van der Waals surface area contributed by atoms with E-state index < -0.39 is 0 Å². The summed E-state index contributed by atoms with van der Waals surface area (Å²) in [5.41, 5.74) is 3.40. The van der Waals surface area contributed by atoms with Crippen LogP contribution in [0.4, 0.5) is 27.5 Å². The Morgan fingerprint density at radius 3 is 2.47 bits per heavy atom. The van der Waals surface area contributed by atoms with Crippen LogP contribution in [0.15, 0.2) is 60.0 Å². The van der Waals surface area contributed by atoms with Gasteiger partial charge >= 0.3 is 0 Å². The van der Waals surface area contributed by atoms with E-state index in [0.29, 0.717) is 30.4 Å². The monoisotopic (exact) mass is 505 g/mol. The molecule has 1 amide bonds. The van der Waals surface area contributed by atoms with Crippen LogP contribution in [-0.2, 0) is 0 Å². The highest BCUT2D eigenvalue weighted by Gasteiger charge is 2.14. The average Bonchev–Trinajstić information content (AvgIpc) is 3.37. The minimum atomic E-state index is -0.368. The van der Waals surface area contributed by atoms with Gasteiger partial charge in [0.15, 0.2) is 0 Å². The molecule has 4 aromatic rings. The quantitative estimate of drug-likeness (QED) is 0.310. The molecule has 5 rings (SSSR count). The highest BCUT2D eigenvalue weighted by Crippen LogP contribution is 2.28. The number of thiophene rings is 1. The summed E-state index contributed by atoms with van der Waals surface area (Å²) < 4.78 is 14.0. The third-order valence-electron chi connectivity index (χ3n) is 6.10. The van der Waals surface area contributed by atoms with Crippen LogP contribution in [0, 0.1) is 5.82 Å². The molecule has 0 bridgehead atoms. The highest BCUT2D eigenvalue weighted by atomic mass is 32.1. The molecule has 0 spiro atoms. The van der Waals surface area contributed by atoms with E-state index in [1.807, 2.05) is 23.6 Å². The lowest BCUT2D eigenvalue weighted by atomic mass is 10.2. The van der Waals surface area contributed by atoms with Crippen molar-refractivity contribution < 1.29 is 9.18 Å². The summed E-state index contributed by atoms with van der Waals surface area (Å²) in [4.78, 5) is 26.3. The Hall–Kier alpha value is -3.76. The molecule has 1 aliphatic heterocycles. The summed E-state index contributed by atoms with van der Waals surface area (Å²) in [5.74, 6) is 0.601. The molecule has 0 aliphatic carbocycles. The van der Waals surface area contributed by atoms with Crippen molar-refractivity contribution in [1.82, 2.24) is 20.2 Å². The first-order chi connectivity index (χ1) is 17.5. The maximum atomic E-state index is 13.1. The molecule has 3 heterocycles. The minimum absolute atomic E-state index is 0.247. The predicted octanol–water partition coefficient (Wildman–Crippen LogP) is 4.17. The van der Waals surface area contributed by atoms with E-state index in [2.05, 4.69) is 54.9 Å². The van der Waals surface area contributed by atoms with Gasteiger partial charge in [0.2, 0.25) is 5.95 Å². The zero-order valence-corrected chi connectivity index (χ0v) is 20.8. The number of nitrogens with zero attached hydrogens (tertiary/aromatic N) is 4. The van der Waals surface area contributed by atoms with E-state index in [9.17, 15) is 9.18 Å². The fourth-order valence-electron chi connectivity index (χ4n) is 4.05. The molecule has 3 N–H and O–H groups in total. The summed E-state index contributed by atoms with van der Waals surface area (Å²) >= 11 is 1.56. The second-order valence-corrected chi connectivity index (χ2v) is 9.60. The van der Waals surface area contributed by atoms with E-state index in [4.69, 9.17) is 0 Å². The van der Waals surface area contributed by atoms with E-state index in [-0.39, 0.29) is 11.7 Å². The summed E-state index contributed by atoms with van der Waals surface area (Å²) in [6.45, 7) is 5.07. The lowest BCUT2D eigenvalue weighted by Gasteiger charge is -2.34. The topological polar surface area (TPSA) is 85.4 Å². The first-order valence-corrected chi connectivity index (χ1v) is 12.8. The molecule has 0 radical (unpaired) electrons. The largest absolute Gasteiger partial charge is 0.369 e. The van der Waals surface area contributed by atoms with Gasteiger partial charge in [0.05, 0.1) is 10.2 Å². The van der Waals surface area contributed by atoms with Gasteiger partial charge in [0.25, 0.3) is 5.91 Å². The van der Waals surface area contributed by atoms with Gasteiger partial charge in [-0.25, -0.2) is 9.37 Å². The van der Waals surface area contributed by atoms with Crippen molar-refractivity contribution in [2.45, 2.75) is 0 Å². The zero-order chi connectivity index (χ0) is 24.9. The Kier molecular flexibility index (Phi) is 7.24. The first kappa shape index (κ1) is 24.0. The molecule has 8 nitrogen and oxygen atoms in total. The van der Waals surface area contributed by atoms with Crippen LogP contribution in [0.25, 0.3) is 10.2 Å². The van der Waals surface area contributed by atoms with E-state index in [0.717, 1.165) is 42.1 Å². The van der Waals surface area contributed by atoms with Crippen LogP contribution in [0.5, 0.6) is 0 Å². The predicted molar refractivity (Wildman–Crippen MR) is 144 cm³/mol. The molecule has 1 fully saturated rings. The van der Waals surface area contributed by atoms with Crippen LogP contribution in [0.3, 0.4) is 0 Å². The second kappa shape index (κ2) is 10.9. The Bertz CT molecular complexity index is 1320. The maximum absolute atomic E-state index is 13.1. The molecular formula is C26H28FN7OS. The van der Waals surface area contributed by atoms with Gasteiger partial charge in [0.1, 0.15) is 11.6 Å². The number of piperazine rings is 1. The standard InChI is InChI=1S/C26H28FN7OS/c1-33-13-15-34(16-14-33)21-8-6-20(7-9-21)30-26-31-22-10-17-36-23(22)24(32-26)28-11-12-29-25(35)18-2-4-19(27)5-3-18/h2-10,17H,11-16H2,1H3,(H,29,35)(H2,28,30,31,32). The molecule has 1 saturated heterocycles. The molecule has 0 saturated carbocycles. The number of fused-ring (bicyclic) bond motifs is 1. The number of halogens is 1. The van der Waals surface area contributed by atoms with Crippen molar-refractivity contribution >= 4 is 50.6 Å². The van der Waals surface area contributed by atoms with Crippen LogP contribution >= 0.6 is 11.3 Å². The molecule has 36 heavy (non-hydrogen) atoms. The molecule has 186 valence electrons. The summed E-state index contributed by atoms with van der Waals surface area (Å²) in [6.07, 6.45) is 0. The van der Waals surface area contributed by atoms with E-state index >= 15 is 0 Å². The average molecular weight is 506 g/mol. The lowest BCUT2D eigenvalue weighted by molar-refractivity contribution is 0.0955. The summed E-state index contributed by atoms with van der Waals surface area (Å²) in [5, 5.41) is 11.4. The van der Waals surface area contributed by atoms with Gasteiger partial charge in [0, 0.05) is 56.2 Å². The molecule has 2 aromatic heterocycles. The Labute approximate surface area is 213 Å². The van der Waals surface area contributed by atoms with Gasteiger partial charge in [-0.2, -0.15) is 4.98 Å². The molecular weight excluding hydrogens is 477 g/mol. The van der Waals surface area contributed by atoms with Gasteiger partial charge in [-0.05, 0) is 67.0 Å². The summed E-state index contributed by atoms with van der Waals surface area (Å²) in [6, 6.07) is 15.8. The number of carbonyl (C=O) groups excluding carboxylic acids is 1. The lowest BCUT2D eigenvalue weighted by Crippen LogP contribution is -2.44. The van der Waals surface area contributed by atoms with Gasteiger partial charge in [-0.1, -0.05) is 0 Å². The van der Waals surface area contributed by atoms with Gasteiger partial charge in [-0.3, -0.25) is 4.79 Å². The number of hydrogen-bond acceptors (Lipinski definition) is 8. The molecule has 10 heteroatoms. The smallest absolute Gasteiger partial charge is 0.251 e. The summed E-state index contributed by atoms with van der Waals surface area (Å²) in [7, 11) is 2.15. The fourth-order valence-corrected chi connectivity index (χ4v) is 4.85. The van der Waals surface area contributed by atoms with Crippen molar-refractivity contribution in [3.8, 4) is 0 Å². The van der Waals surface area contributed by atoms with Crippen LogP contribution < -0.4 is 20.9 Å². The number of benzene rings is 2.